The second-order valence-electron chi connectivity index (χ2n) is 11.1. The molecule has 37 heavy (non-hydrogen) atoms. The van der Waals surface area contributed by atoms with Crippen molar-refractivity contribution in [1.29, 1.82) is 0 Å². The number of amides is 3. The molecule has 3 atom stereocenters. The van der Waals surface area contributed by atoms with Gasteiger partial charge in [0.05, 0.1) is 11.5 Å². The molecule has 4 bridgehead atoms. The molecule has 3 unspecified atom stereocenters. The molecule has 0 saturated heterocycles. The average Bonchev–Trinajstić information content (AvgIpc) is 3.09. The minimum atomic E-state index is -4.32. The van der Waals surface area contributed by atoms with Crippen molar-refractivity contribution < 1.29 is 27.2 Å². The molecule has 0 radical (unpaired) electrons. The van der Waals surface area contributed by atoms with Crippen molar-refractivity contribution in [3.8, 4) is 0 Å². The lowest BCUT2D eigenvalue weighted by Crippen LogP contribution is -2.66. The van der Waals surface area contributed by atoms with Gasteiger partial charge in [0.15, 0.2) is 0 Å². The molecule has 0 aromatic heterocycles. The number of carbonyl (C=O) groups is 2. The summed E-state index contributed by atoms with van der Waals surface area (Å²) < 4.78 is 57.0. The van der Waals surface area contributed by atoms with Crippen LogP contribution in [0, 0.1) is 23.1 Å². The highest BCUT2D eigenvalue weighted by Crippen LogP contribution is 2.66. The van der Waals surface area contributed by atoms with Gasteiger partial charge in [0, 0.05) is 37.4 Å². The third-order valence-corrected chi connectivity index (χ3v) is 9.31. The monoisotopic (exact) mass is 599 g/mol. The maximum atomic E-state index is 14.1. The molecule has 7 rings (SSSR count). The Hall–Kier alpha value is -2.33. The summed E-state index contributed by atoms with van der Waals surface area (Å²) in [6.07, 6.45) is -2.38. The number of hydrogen-bond donors (Lipinski definition) is 3. The first-order valence-corrected chi connectivity index (χ1v) is 13.3. The van der Waals surface area contributed by atoms with E-state index in [9.17, 15) is 27.2 Å². The van der Waals surface area contributed by atoms with Crippen molar-refractivity contribution in [3.63, 3.8) is 0 Å². The molecule has 0 spiro atoms. The first-order chi connectivity index (χ1) is 17.4. The quantitative estimate of drug-likeness (QED) is 0.329. The Bertz CT molecular complexity index is 1320. The van der Waals surface area contributed by atoms with E-state index >= 15 is 0 Å². The molecule has 5 aliphatic rings. The van der Waals surface area contributed by atoms with E-state index in [0.29, 0.717) is 28.4 Å². The van der Waals surface area contributed by atoms with E-state index in [0.717, 1.165) is 6.42 Å². The predicted octanol–water partition coefficient (Wildman–Crippen LogP) is 7.10. The number of urea groups is 1. The van der Waals surface area contributed by atoms with Crippen molar-refractivity contribution in [3.05, 3.63) is 62.3 Å². The second-order valence-corrected chi connectivity index (χ2v) is 12.4. The van der Waals surface area contributed by atoms with Gasteiger partial charge in [0.25, 0.3) is 5.91 Å². The van der Waals surface area contributed by atoms with Gasteiger partial charge in [-0.25, -0.2) is 9.18 Å². The predicted molar refractivity (Wildman–Crippen MR) is 133 cm³/mol. The number of anilines is 1. The van der Waals surface area contributed by atoms with Crippen LogP contribution in [-0.2, 0) is 0 Å². The van der Waals surface area contributed by atoms with Gasteiger partial charge in [-0.2, -0.15) is 13.2 Å². The Kier molecular flexibility index (Phi) is 5.62. The van der Waals surface area contributed by atoms with Gasteiger partial charge in [0.2, 0.25) is 0 Å². The maximum Gasteiger partial charge on any atom is 0.394 e. The van der Waals surface area contributed by atoms with E-state index in [1.54, 1.807) is 12.1 Å². The summed E-state index contributed by atoms with van der Waals surface area (Å²) >= 11 is 9.67. The fourth-order valence-electron chi connectivity index (χ4n) is 7.61. The smallest absolute Gasteiger partial charge is 0.341 e. The number of rotatable bonds is 3. The topological polar surface area (TPSA) is 70.2 Å². The van der Waals surface area contributed by atoms with E-state index in [4.69, 9.17) is 11.6 Å². The molecule has 4 fully saturated rings. The number of alkyl halides is 3. The van der Waals surface area contributed by atoms with Crippen LogP contribution in [0.1, 0.15) is 66.1 Å². The number of benzene rings is 2. The Balaban J connectivity index is 1.31. The van der Waals surface area contributed by atoms with Crippen LogP contribution in [0.25, 0.3) is 0 Å². The Labute approximate surface area is 223 Å². The number of nitrogens with one attached hydrogen (secondary N) is 3. The van der Waals surface area contributed by atoms with Crippen LogP contribution < -0.4 is 16.0 Å². The zero-order chi connectivity index (χ0) is 26.3. The minimum absolute atomic E-state index is 0.0698. The van der Waals surface area contributed by atoms with Crippen molar-refractivity contribution in [2.45, 2.75) is 56.3 Å². The largest absolute Gasteiger partial charge is 0.394 e. The summed E-state index contributed by atoms with van der Waals surface area (Å²) in [5.41, 5.74) is -1.39. The lowest BCUT2D eigenvalue weighted by molar-refractivity contribution is -0.277. The SMILES string of the molecule is O=C(Nc1cc(Br)cc2c1C(c1cc(F)ccc1Cl)NC2=O)NC12CC3CC(C1)CC(C(F)(F)F)(C3)C2. The standard InChI is InChI=1S/C26H23BrClF4N3O2/c27-14-4-17-20(21(34-22(17)36)16-6-15(29)1-2-18(16)28)19(5-14)33-23(37)35-25-9-12-3-13(10-25)8-24(7-12,11-25)26(30,31)32/h1-2,4-6,12-13,21H,3,7-11H2,(H,34,36)(H2,33,35,37). The number of hydrogen-bond acceptors (Lipinski definition) is 2. The van der Waals surface area contributed by atoms with Gasteiger partial charge in [-0.3, -0.25) is 4.79 Å². The van der Waals surface area contributed by atoms with E-state index in [1.165, 1.54) is 18.2 Å². The van der Waals surface area contributed by atoms with Gasteiger partial charge in [-0.15, -0.1) is 0 Å². The lowest BCUT2D eigenvalue weighted by Gasteiger charge is -2.62. The van der Waals surface area contributed by atoms with Crippen molar-refractivity contribution in [1.82, 2.24) is 10.6 Å². The second kappa shape index (κ2) is 8.33. The fraction of sp³-hybridized carbons (Fsp3) is 0.462. The minimum Gasteiger partial charge on any atom is -0.341 e. The lowest BCUT2D eigenvalue weighted by atomic mass is 9.46. The van der Waals surface area contributed by atoms with Crippen molar-refractivity contribution in [2.24, 2.45) is 17.3 Å². The number of fused-ring (bicyclic) bond motifs is 1. The molecule has 1 heterocycles. The van der Waals surface area contributed by atoms with Crippen LogP contribution in [-0.4, -0.2) is 23.7 Å². The molecule has 3 amide bonds. The summed E-state index contributed by atoms with van der Waals surface area (Å²) in [5, 5.41) is 8.71. The van der Waals surface area contributed by atoms with E-state index in [-0.39, 0.29) is 47.4 Å². The number of halogens is 6. The summed E-state index contributed by atoms with van der Waals surface area (Å²) in [4.78, 5) is 26.1. The molecule has 2 aromatic rings. The third-order valence-electron chi connectivity index (χ3n) is 8.51. The molecular weight excluding hydrogens is 578 g/mol. The zero-order valence-corrected chi connectivity index (χ0v) is 21.8. The fourth-order valence-corrected chi connectivity index (χ4v) is 8.29. The van der Waals surface area contributed by atoms with Crippen molar-refractivity contribution in [2.75, 3.05) is 5.32 Å². The van der Waals surface area contributed by atoms with Crippen LogP contribution in [0.15, 0.2) is 34.8 Å². The highest BCUT2D eigenvalue weighted by Gasteiger charge is 2.67. The molecule has 5 nitrogen and oxygen atoms in total. The highest BCUT2D eigenvalue weighted by molar-refractivity contribution is 9.10. The molecule has 196 valence electrons. The Morgan fingerprint density at radius 2 is 1.81 bits per heavy atom. The third kappa shape index (κ3) is 4.11. The van der Waals surface area contributed by atoms with Crippen LogP contribution in [0.5, 0.6) is 0 Å². The van der Waals surface area contributed by atoms with Gasteiger partial charge in [-0.05, 0) is 80.7 Å². The van der Waals surface area contributed by atoms with Crippen LogP contribution in [0.2, 0.25) is 5.02 Å². The maximum absolute atomic E-state index is 14.1. The van der Waals surface area contributed by atoms with Crippen LogP contribution in [0.4, 0.5) is 28.0 Å². The van der Waals surface area contributed by atoms with E-state index in [2.05, 4.69) is 31.9 Å². The molecule has 4 aliphatic carbocycles. The molecular formula is C26H23BrClF4N3O2. The summed E-state index contributed by atoms with van der Waals surface area (Å²) in [5.74, 6) is -1.09. The Morgan fingerprint density at radius 1 is 1.11 bits per heavy atom. The average molecular weight is 601 g/mol. The Morgan fingerprint density at radius 3 is 2.49 bits per heavy atom. The van der Waals surface area contributed by atoms with Gasteiger partial charge in [-0.1, -0.05) is 27.5 Å². The molecule has 3 N–H and O–H groups in total. The zero-order valence-electron chi connectivity index (χ0n) is 19.4. The first-order valence-electron chi connectivity index (χ1n) is 12.1. The first kappa shape index (κ1) is 25.0. The van der Waals surface area contributed by atoms with E-state index in [1.807, 2.05) is 0 Å². The highest BCUT2D eigenvalue weighted by atomic mass is 79.9. The van der Waals surface area contributed by atoms with Gasteiger partial charge < -0.3 is 16.0 Å². The molecule has 2 aromatic carbocycles. The van der Waals surface area contributed by atoms with Crippen molar-refractivity contribution >= 4 is 45.2 Å². The van der Waals surface area contributed by atoms with Crippen LogP contribution in [0.3, 0.4) is 0 Å². The summed E-state index contributed by atoms with van der Waals surface area (Å²) in [7, 11) is 0. The molecule has 11 heteroatoms. The molecule has 4 saturated carbocycles. The summed E-state index contributed by atoms with van der Waals surface area (Å²) in [6, 6.07) is 5.56. The number of carbonyl (C=O) groups excluding carboxylic acids is 2. The van der Waals surface area contributed by atoms with Gasteiger partial charge in [0.1, 0.15) is 5.82 Å². The summed E-state index contributed by atoms with van der Waals surface area (Å²) in [6.45, 7) is 0. The van der Waals surface area contributed by atoms with Gasteiger partial charge >= 0.3 is 12.2 Å². The van der Waals surface area contributed by atoms with Crippen LogP contribution >= 0.6 is 27.5 Å². The van der Waals surface area contributed by atoms with E-state index < -0.39 is 40.9 Å². The molecule has 1 aliphatic heterocycles. The normalized spacial score (nSPS) is 31.7.